The average Bonchev–Trinajstić information content (AvgIpc) is 2.78. The van der Waals surface area contributed by atoms with E-state index in [2.05, 4.69) is 22.0 Å². The van der Waals surface area contributed by atoms with E-state index in [0.717, 1.165) is 21.0 Å². The van der Waals surface area contributed by atoms with Crippen LogP contribution in [0.3, 0.4) is 0 Å². The van der Waals surface area contributed by atoms with Gasteiger partial charge in [0, 0.05) is 15.4 Å². The van der Waals surface area contributed by atoms with Gasteiger partial charge in [-0.05, 0) is 17.7 Å². The fraction of sp³-hybridized carbons (Fsp3) is 0. The van der Waals surface area contributed by atoms with Crippen molar-refractivity contribution in [2.45, 2.75) is 0 Å². The summed E-state index contributed by atoms with van der Waals surface area (Å²) in [5, 5.41) is 10.6. The Labute approximate surface area is 123 Å². The van der Waals surface area contributed by atoms with Gasteiger partial charge in [-0.3, -0.25) is 0 Å². The number of fused-ring (bicyclic) bond motifs is 1. The Morgan fingerprint density at radius 1 is 1.16 bits per heavy atom. The minimum Gasteiger partial charge on any atom is -0.443 e. The molecule has 0 saturated heterocycles. The molecule has 0 radical (unpaired) electrons. The third kappa shape index (κ3) is 2.03. The number of hydrogen-bond acceptors (Lipinski definition) is 2. The third-order valence-corrected chi connectivity index (χ3v) is 3.61. The first-order valence-corrected chi connectivity index (χ1v) is 6.75. The fourth-order valence-electron chi connectivity index (χ4n) is 2.10. The summed E-state index contributed by atoms with van der Waals surface area (Å²) in [4.78, 5) is 0. The number of nitriles is 1. The molecule has 0 atom stereocenters. The van der Waals surface area contributed by atoms with Crippen LogP contribution in [-0.4, -0.2) is 0 Å². The lowest BCUT2D eigenvalue weighted by Gasteiger charge is -1.99. The molecule has 0 aliphatic rings. The minimum absolute atomic E-state index is 0.279. The Morgan fingerprint density at radius 3 is 2.58 bits per heavy atom. The van der Waals surface area contributed by atoms with E-state index in [9.17, 15) is 5.26 Å². The Bertz CT molecular complexity index is 802. The Hall–Kier alpha value is -1.76. The van der Waals surface area contributed by atoms with Crippen LogP contribution in [0.1, 0.15) is 5.76 Å². The van der Waals surface area contributed by atoms with Gasteiger partial charge in [0.2, 0.25) is 5.76 Å². The molecular formula is C15H7BrClNO. The molecule has 92 valence electrons. The summed E-state index contributed by atoms with van der Waals surface area (Å²) < 4.78 is 6.43. The summed E-state index contributed by atoms with van der Waals surface area (Å²) in [5.74, 6) is 0.279. The number of hydrogen-bond donors (Lipinski definition) is 0. The molecule has 3 rings (SSSR count). The van der Waals surface area contributed by atoms with Crippen molar-refractivity contribution in [1.82, 2.24) is 0 Å². The number of halogens is 2. The summed E-state index contributed by atoms with van der Waals surface area (Å²) in [6.07, 6.45) is 0. The molecule has 0 aliphatic carbocycles. The summed E-state index contributed by atoms with van der Waals surface area (Å²) in [6.45, 7) is 0. The smallest absolute Gasteiger partial charge is 0.212 e. The molecule has 1 aromatic heterocycles. The standard InChI is InChI=1S/C15H7BrClNO/c16-10-6-11-14(9-4-2-1-3-5-9)13(8-18)19-15(11)12(17)7-10/h1-7H. The van der Waals surface area contributed by atoms with Gasteiger partial charge in [0.1, 0.15) is 6.07 Å². The van der Waals surface area contributed by atoms with Crippen molar-refractivity contribution >= 4 is 38.5 Å². The first kappa shape index (κ1) is 12.3. The van der Waals surface area contributed by atoms with Crippen LogP contribution >= 0.6 is 27.5 Å². The lowest BCUT2D eigenvalue weighted by atomic mass is 10.0. The van der Waals surface area contributed by atoms with E-state index in [1.165, 1.54) is 0 Å². The summed E-state index contributed by atoms with van der Waals surface area (Å²) in [5.41, 5.74) is 2.26. The minimum atomic E-state index is 0.279. The number of nitrogens with zero attached hydrogens (tertiary/aromatic N) is 1. The van der Waals surface area contributed by atoms with Gasteiger partial charge in [-0.2, -0.15) is 5.26 Å². The summed E-state index contributed by atoms with van der Waals surface area (Å²) in [7, 11) is 0. The van der Waals surface area contributed by atoms with Crippen LogP contribution in [0.4, 0.5) is 0 Å². The van der Waals surface area contributed by atoms with Crippen LogP contribution in [0.2, 0.25) is 5.02 Å². The molecule has 0 spiro atoms. The van der Waals surface area contributed by atoms with Gasteiger partial charge in [-0.1, -0.05) is 57.9 Å². The van der Waals surface area contributed by atoms with Crippen molar-refractivity contribution < 1.29 is 4.42 Å². The summed E-state index contributed by atoms with van der Waals surface area (Å²) in [6, 6.07) is 15.4. The van der Waals surface area contributed by atoms with Crippen LogP contribution in [0.15, 0.2) is 51.4 Å². The molecule has 2 aromatic carbocycles. The first-order valence-electron chi connectivity index (χ1n) is 5.58. The zero-order chi connectivity index (χ0) is 13.4. The Morgan fingerprint density at radius 2 is 1.89 bits per heavy atom. The molecule has 0 fully saturated rings. The second-order valence-electron chi connectivity index (χ2n) is 4.05. The molecule has 0 aliphatic heterocycles. The van der Waals surface area contributed by atoms with Crippen molar-refractivity contribution in [2.24, 2.45) is 0 Å². The molecule has 1 heterocycles. The predicted molar refractivity (Wildman–Crippen MR) is 79.1 cm³/mol. The van der Waals surface area contributed by atoms with Crippen LogP contribution < -0.4 is 0 Å². The number of furan rings is 1. The molecular weight excluding hydrogens is 326 g/mol. The van der Waals surface area contributed by atoms with Gasteiger partial charge in [0.25, 0.3) is 0 Å². The monoisotopic (exact) mass is 331 g/mol. The maximum Gasteiger partial charge on any atom is 0.212 e. The Balaban J connectivity index is 2.44. The topological polar surface area (TPSA) is 36.9 Å². The highest BCUT2D eigenvalue weighted by molar-refractivity contribution is 9.10. The number of benzene rings is 2. The van der Waals surface area contributed by atoms with E-state index in [1.54, 1.807) is 6.07 Å². The quantitative estimate of drug-likeness (QED) is 0.599. The third-order valence-electron chi connectivity index (χ3n) is 2.87. The molecule has 0 amide bonds. The second-order valence-corrected chi connectivity index (χ2v) is 5.37. The average molecular weight is 333 g/mol. The van der Waals surface area contributed by atoms with E-state index >= 15 is 0 Å². The van der Waals surface area contributed by atoms with E-state index < -0.39 is 0 Å². The zero-order valence-electron chi connectivity index (χ0n) is 9.65. The molecule has 3 aromatic rings. The number of rotatable bonds is 1. The molecule has 2 nitrogen and oxygen atoms in total. The van der Waals surface area contributed by atoms with Crippen LogP contribution in [0.5, 0.6) is 0 Å². The molecule has 0 unspecified atom stereocenters. The predicted octanol–water partition coefficient (Wildman–Crippen LogP) is 5.39. The van der Waals surface area contributed by atoms with Crippen LogP contribution in [0.25, 0.3) is 22.1 Å². The van der Waals surface area contributed by atoms with E-state index in [4.69, 9.17) is 16.0 Å². The van der Waals surface area contributed by atoms with Gasteiger partial charge in [0.05, 0.1) is 5.02 Å². The lowest BCUT2D eigenvalue weighted by Crippen LogP contribution is -1.79. The maximum absolute atomic E-state index is 9.24. The normalized spacial score (nSPS) is 10.6. The van der Waals surface area contributed by atoms with Crippen molar-refractivity contribution in [3.63, 3.8) is 0 Å². The lowest BCUT2D eigenvalue weighted by molar-refractivity contribution is 0.601. The largest absolute Gasteiger partial charge is 0.443 e. The van der Waals surface area contributed by atoms with Crippen molar-refractivity contribution in [2.75, 3.05) is 0 Å². The van der Waals surface area contributed by atoms with Gasteiger partial charge >= 0.3 is 0 Å². The highest BCUT2D eigenvalue weighted by atomic mass is 79.9. The van der Waals surface area contributed by atoms with Gasteiger partial charge in [0.15, 0.2) is 5.58 Å². The molecule has 4 heteroatoms. The van der Waals surface area contributed by atoms with Crippen LogP contribution in [-0.2, 0) is 0 Å². The van der Waals surface area contributed by atoms with Gasteiger partial charge in [-0.15, -0.1) is 0 Å². The summed E-state index contributed by atoms with van der Waals surface area (Å²) >= 11 is 9.57. The van der Waals surface area contributed by atoms with Crippen molar-refractivity contribution in [3.8, 4) is 17.2 Å². The van der Waals surface area contributed by atoms with E-state index in [0.29, 0.717) is 10.6 Å². The van der Waals surface area contributed by atoms with Gasteiger partial charge in [-0.25, -0.2) is 0 Å². The first-order chi connectivity index (χ1) is 9.20. The molecule has 0 bridgehead atoms. The van der Waals surface area contributed by atoms with E-state index in [1.807, 2.05) is 36.4 Å². The zero-order valence-corrected chi connectivity index (χ0v) is 12.0. The molecule has 0 N–H and O–H groups in total. The van der Waals surface area contributed by atoms with Crippen LogP contribution in [0, 0.1) is 11.3 Å². The SMILES string of the molecule is N#Cc1oc2c(Cl)cc(Br)cc2c1-c1ccccc1. The maximum atomic E-state index is 9.24. The van der Waals surface area contributed by atoms with Gasteiger partial charge < -0.3 is 4.42 Å². The second kappa shape index (κ2) is 4.73. The molecule has 0 saturated carbocycles. The van der Waals surface area contributed by atoms with Crippen molar-refractivity contribution in [1.29, 1.82) is 5.26 Å². The van der Waals surface area contributed by atoms with E-state index in [-0.39, 0.29) is 5.76 Å². The molecule has 19 heavy (non-hydrogen) atoms. The highest BCUT2D eigenvalue weighted by Crippen LogP contribution is 2.39. The Kier molecular flexibility index (Phi) is 3.06. The highest BCUT2D eigenvalue weighted by Gasteiger charge is 2.18. The van der Waals surface area contributed by atoms with Crippen molar-refractivity contribution in [3.05, 3.63) is 57.7 Å². The fourth-order valence-corrected chi connectivity index (χ4v) is 2.94.